The summed E-state index contributed by atoms with van der Waals surface area (Å²) in [4.78, 5) is 22.9. The van der Waals surface area contributed by atoms with Crippen molar-refractivity contribution in [2.75, 3.05) is 38.6 Å². The number of fused-ring (bicyclic) bond motifs is 3. The number of likely N-dealkylation sites (N-methyl/N-ethyl adjacent to an activating group) is 1. The number of carbonyl (C=O) groups is 1. The topological polar surface area (TPSA) is 94.2 Å². The Balaban J connectivity index is 1.61. The first-order chi connectivity index (χ1) is 22.7. The lowest BCUT2D eigenvalue weighted by atomic mass is 9.90. The van der Waals surface area contributed by atoms with E-state index in [0.29, 0.717) is 30.9 Å². The minimum atomic E-state index is -4.93. The number of anilines is 1. The average molecular weight is 681 g/mol. The standard InChI is InChI=1S/C34H33ClF4N8O/c1-6-8-26(48)46-14-12-21(15-20(46)11-13-40)47-31-23-16-24(34(37,38)39)27(22-9-7-10-25(35)19(22)2)28(36)29(23)41-32(30(31)42-43-47)45-17-33(3,18-45)44(4)5/h7,9-10,16,20-21H,11-12,14-15,17-18H2,1-5H3/t20-,21+/m1/s1. The summed E-state index contributed by atoms with van der Waals surface area (Å²) < 4.78 is 63.0. The summed E-state index contributed by atoms with van der Waals surface area (Å²) in [5, 5.41) is 18.5. The normalized spacial score (nSPS) is 19.3. The fraction of sp³-hybridized carbons (Fsp3) is 0.441. The Morgan fingerprint density at radius 1 is 1.23 bits per heavy atom. The molecule has 14 heteroatoms. The van der Waals surface area contributed by atoms with E-state index in [0.717, 1.165) is 6.07 Å². The molecule has 1 amide bonds. The maximum absolute atomic E-state index is 16.9. The number of hydrogen-bond acceptors (Lipinski definition) is 7. The molecule has 0 aliphatic carbocycles. The van der Waals surface area contributed by atoms with E-state index in [1.807, 2.05) is 19.0 Å². The van der Waals surface area contributed by atoms with E-state index >= 15 is 4.39 Å². The third-order valence-corrected chi connectivity index (χ3v) is 10.2. The van der Waals surface area contributed by atoms with Gasteiger partial charge in [0.2, 0.25) is 0 Å². The van der Waals surface area contributed by atoms with Crippen LogP contribution >= 0.6 is 11.6 Å². The number of hydrogen-bond donors (Lipinski definition) is 0. The van der Waals surface area contributed by atoms with Gasteiger partial charge in [-0.1, -0.05) is 34.9 Å². The van der Waals surface area contributed by atoms with E-state index in [4.69, 9.17) is 11.6 Å². The molecular weight excluding hydrogens is 648 g/mol. The molecule has 0 bridgehead atoms. The number of benzene rings is 2. The first-order valence-corrected chi connectivity index (χ1v) is 15.8. The minimum Gasteiger partial charge on any atom is -0.351 e. The summed E-state index contributed by atoms with van der Waals surface area (Å²) in [6.45, 7) is 6.45. The van der Waals surface area contributed by atoms with Crippen LogP contribution in [0.15, 0.2) is 24.3 Å². The maximum Gasteiger partial charge on any atom is 0.417 e. The molecule has 0 spiro atoms. The molecule has 4 heterocycles. The smallest absolute Gasteiger partial charge is 0.351 e. The number of piperidine rings is 1. The number of nitrogens with zero attached hydrogens (tertiary/aromatic N) is 8. The monoisotopic (exact) mass is 680 g/mol. The molecule has 2 aliphatic heterocycles. The lowest BCUT2D eigenvalue weighted by Crippen LogP contribution is -2.67. The fourth-order valence-electron chi connectivity index (χ4n) is 6.83. The van der Waals surface area contributed by atoms with Gasteiger partial charge in [0.25, 0.3) is 5.91 Å². The van der Waals surface area contributed by atoms with Crippen LogP contribution in [-0.2, 0) is 11.0 Å². The van der Waals surface area contributed by atoms with Crippen molar-refractivity contribution in [3.8, 4) is 29.0 Å². The Hall–Kier alpha value is -4.46. The zero-order chi connectivity index (χ0) is 34.7. The number of halogens is 5. The molecule has 2 fully saturated rings. The number of likely N-dealkylation sites (tertiary alicyclic amines) is 1. The van der Waals surface area contributed by atoms with Gasteiger partial charge in [0, 0.05) is 41.6 Å². The van der Waals surface area contributed by atoms with Crippen LogP contribution in [-0.4, -0.2) is 81.0 Å². The lowest BCUT2D eigenvalue weighted by Gasteiger charge is -2.52. The molecule has 2 aromatic carbocycles. The molecule has 6 rings (SSSR count). The third kappa shape index (κ3) is 5.49. The lowest BCUT2D eigenvalue weighted by molar-refractivity contribution is -0.137. The van der Waals surface area contributed by atoms with Gasteiger partial charge in [-0.15, -0.1) is 5.10 Å². The number of pyridine rings is 1. The van der Waals surface area contributed by atoms with Crippen molar-refractivity contribution < 1.29 is 22.4 Å². The van der Waals surface area contributed by atoms with Crippen molar-refractivity contribution in [3.05, 3.63) is 46.2 Å². The molecule has 48 heavy (non-hydrogen) atoms. The highest BCUT2D eigenvalue weighted by atomic mass is 35.5. The molecule has 250 valence electrons. The van der Waals surface area contributed by atoms with Gasteiger partial charge in [0.1, 0.15) is 11.0 Å². The van der Waals surface area contributed by atoms with Gasteiger partial charge in [-0.05, 0) is 76.9 Å². The van der Waals surface area contributed by atoms with Gasteiger partial charge >= 0.3 is 6.18 Å². The SMILES string of the molecule is CC#CC(=O)N1CC[C@H](n2nnc3c(N4CC(C)(N(C)C)C4)nc4c(F)c(-c5cccc(Cl)c5C)c(C(F)(F)F)cc4c32)C[C@H]1CC#N. The first-order valence-electron chi connectivity index (χ1n) is 15.5. The Labute approximate surface area is 280 Å². The van der Waals surface area contributed by atoms with E-state index in [-0.39, 0.29) is 57.4 Å². The maximum atomic E-state index is 16.9. The van der Waals surface area contributed by atoms with Crippen molar-refractivity contribution in [2.45, 2.75) is 63.8 Å². The summed E-state index contributed by atoms with van der Waals surface area (Å²) in [5.74, 6) is 3.91. The highest BCUT2D eigenvalue weighted by Crippen LogP contribution is 2.46. The van der Waals surface area contributed by atoms with Crippen LogP contribution in [0.2, 0.25) is 5.02 Å². The Bertz CT molecular complexity index is 2050. The van der Waals surface area contributed by atoms with E-state index in [9.17, 15) is 23.2 Å². The number of nitriles is 1. The second-order valence-electron chi connectivity index (χ2n) is 12.9. The van der Waals surface area contributed by atoms with Gasteiger partial charge in [-0.2, -0.15) is 18.4 Å². The predicted octanol–water partition coefficient (Wildman–Crippen LogP) is 6.38. The van der Waals surface area contributed by atoms with Gasteiger partial charge < -0.3 is 14.7 Å². The second-order valence-corrected chi connectivity index (χ2v) is 13.3. The summed E-state index contributed by atoms with van der Waals surface area (Å²) in [7, 11) is 3.91. The quantitative estimate of drug-likeness (QED) is 0.179. The van der Waals surface area contributed by atoms with Gasteiger partial charge in [-0.25, -0.2) is 14.1 Å². The molecule has 0 saturated carbocycles. The van der Waals surface area contributed by atoms with Gasteiger partial charge in [-0.3, -0.25) is 4.79 Å². The Morgan fingerprint density at radius 3 is 2.60 bits per heavy atom. The minimum absolute atomic E-state index is 0.0139. The van der Waals surface area contributed by atoms with Gasteiger partial charge in [0.05, 0.1) is 29.6 Å². The van der Waals surface area contributed by atoms with Crippen molar-refractivity contribution in [1.82, 2.24) is 29.8 Å². The number of carbonyl (C=O) groups excluding carboxylic acids is 1. The molecule has 9 nitrogen and oxygen atoms in total. The third-order valence-electron chi connectivity index (χ3n) is 9.76. The van der Waals surface area contributed by atoms with Crippen molar-refractivity contribution >= 4 is 45.3 Å². The van der Waals surface area contributed by atoms with E-state index in [1.165, 1.54) is 22.9 Å². The molecule has 0 N–H and O–H groups in total. The molecule has 4 aromatic rings. The van der Waals surface area contributed by atoms with Crippen molar-refractivity contribution in [2.24, 2.45) is 0 Å². The van der Waals surface area contributed by atoms with Crippen molar-refractivity contribution in [1.29, 1.82) is 5.26 Å². The van der Waals surface area contributed by atoms with E-state index in [1.54, 1.807) is 18.7 Å². The Kier molecular flexibility index (Phi) is 8.51. The molecule has 2 aliphatic rings. The molecule has 0 unspecified atom stereocenters. The summed E-state index contributed by atoms with van der Waals surface area (Å²) in [5.41, 5.74) is -1.50. The number of amides is 1. The zero-order valence-electron chi connectivity index (χ0n) is 27.1. The van der Waals surface area contributed by atoms with Crippen LogP contribution in [0, 0.1) is 35.9 Å². The van der Waals surface area contributed by atoms with E-state index in [2.05, 4.69) is 45.0 Å². The van der Waals surface area contributed by atoms with Crippen molar-refractivity contribution in [3.63, 3.8) is 0 Å². The highest BCUT2D eigenvalue weighted by Gasteiger charge is 2.44. The summed E-state index contributed by atoms with van der Waals surface area (Å²) in [6, 6.07) is 6.52. The van der Waals surface area contributed by atoms with Gasteiger partial charge in [0.15, 0.2) is 17.2 Å². The molecule has 2 aromatic heterocycles. The molecule has 0 radical (unpaired) electrons. The molecule has 2 atom stereocenters. The number of alkyl halides is 3. The predicted molar refractivity (Wildman–Crippen MR) is 175 cm³/mol. The molecular formula is C34H33ClF4N8O. The second kappa shape index (κ2) is 12.2. The fourth-order valence-corrected chi connectivity index (χ4v) is 7.00. The molecule has 2 saturated heterocycles. The van der Waals surface area contributed by atoms with E-state index < -0.39 is 41.1 Å². The van der Waals surface area contributed by atoms with Crippen LogP contribution in [0.5, 0.6) is 0 Å². The highest BCUT2D eigenvalue weighted by molar-refractivity contribution is 6.31. The largest absolute Gasteiger partial charge is 0.417 e. The average Bonchev–Trinajstić information content (AvgIpc) is 3.46. The number of aromatic nitrogens is 4. The first kappa shape index (κ1) is 33.4. The zero-order valence-corrected chi connectivity index (χ0v) is 27.8. The number of rotatable bonds is 5. The summed E-state index contributed by atoms with van der Waals surface area (Å²) >= 11 is 6.30. The van der Waals surface area contributed by atoms with Crippen LogP contribution in [0.1, 0.15) is 50.3 Å². The van der Waals surface area contributed by atoms with Crippen LogP contribution in [0.25, 0.3) is 33.1 Å². The van der Waals surface area contributed by atoms with Crippen LogP contribution < -0.4 is 4.90 Å². The van der Waals surface area contributed by atoms with Crippen LogP contribution in [0.4, 0.5) is 23.4 Å². The Morgan fingerprint density at radius 2 is 1.96 bits per heavy atom. The summed E-state index contributed by atoms with van der Waals surface area (Å²) in [6.07, 6.45) is -4.26. The van der Waals surface area contributed by atoms with Crippen LogP contribution in [0.3, 0.4) is 0 Å².